The maximum Gasteiger partial charge on any atom is 0.305 e. The van der Waals surface area contributed by atoms with Gasteiger partial charge in [0.15, 0.2) is 0 Å². The minimum absolute atomic E-state index is 0.103. The molecular weight excluding hydrogens is 390 g/mol. The van der Waals surface area contributed by atoms with Crippen molar-refractivity contribution in [3.8, 4) is 0 Å². The summed E-state index contributed by atoms with van der Waals surface area (Å²) >= 11 is 0. The van der Waals surface area contributed by atoms with Crippen LogP contribution in [0.25, 0.3) is 10.4 Å². The summed E-state index contributed by atoms with van der Waals surface area (Å²) in [5.41, 5.74) is 9.42. The molecular formula is C25H41N3O3. The first-order valence-electron chi connectivity index (χ1n) is 12.5. The number of carbonyl (C=O) groups excluding carboxylic acids is 1. The van der Waals surface area contributed by atoms with E-state index in [0.29, 0.717) is 41.9 Å². The van der Waals surface area contributed by atoms with Crippen LogP contribution in [0.2, 0.25) is 0 Å². The standard InChI is InChI=1S/C25H41N3O3/c1-15(5-8-22(30)31-4)18-6-7-19-23-20(10-12-25(18,19)3)24(2)11-9-17(27-28-26)13-16(24)14-21(23)29/h15-21,23,29H,5-14H2,1-4H3/t15-,16+,17?,18-,19+,20+,21-,23+,24+,25-/m1/s1. The number of rotatable bonds is 5. The van der Waals surface area contributed by atoms with Crippen LogP contribution in [0, 0.1) is 46.3 Å². The van der Waals surface area contributed by atoms with Crippen LogP contribution < -0.4 is 0 Å². The lowest BCUT2D eigenvalue weighted by Crippen LogP contribution is -2.58. The van der Waals surface area contributed by atoms with Crippen molar-refractivity contribution in [3.63, 3.8) is 0 Å². The lowest BCUT2D eigenvalue weighted by atomic mass is 9.43. The van der Waals surface area contributed by atoms with Crippen molar-refractivity contribution >= 4 is 5.97 Å². The molecule has 0 spiro atoms. The fourth-order valence-electron chi connectivity index (χ4n) is 9.00. The number of aliphatic hydroxyl groups excluding tert-OH is 1. The second kappa shape index (κ2) is 8.59. The Morgan fingerprint density at radius 1 is 1.16 bits per heavy atom. The van der Waals surface area contributed by atoms with Crippen molar-refractivity contribution < 1.29 is 14.6 Å². The Hall–Kier alpha value is -1.26. The van der Waals surface area contributed by atoms with Crippen LogP contribution in [0.4, 0.5) is 0 Å². The van der Waals surface area contributed by atoms with Crippen LogP contribution in [0.1, 0.15) is 85.0 Å². The predicted molar refractivity (Wildman–Crippen MR) is 120 cm³/mol. The summed E-state index contributed by atoms with van der Waals surface area (Å²) < 4.78 is 4.87. The van der Waals surface area contributed by atoms with E-state index in [1.807, 2.05) is 0 Å². The first-order chi connectivity index (χ1) is 14.7. The van der Waals surface area contributed by atoms with E-state index in [4.69, 9.17) is 10.3 Å². The summed E-state index contributed by atoms with van der Waals surface area (Å²) in [5, 5.41) is 15.4. The van der Waals surface area contributed by atoms with E-state index in [-0.39, 0.29) is 28.9 Å². The van der Waals surface area contributed by atoms with Crippen molar-refractivity contribution in [2.45, 2.75) is 97.1 Å². The van der Waals surface area contributed by atoms with Gasteiger partial charge in [0.25, 0.3) is 0 Å². The molecule has 0 bridgehead atoms. The topological polar surface area (TPSA) is 95.3 Å². The SMILES string of the molecule is COC(=O)CC[C@@H](C)[C@H]1CC[C@H]2[C@@H]3[C@H](O)C[C@@H]4CC(N=[N+]=[N-])CC[C@]4(C)[C@H]3CC[C@]12C. The van der Waals surface area contributed by atoms with E-state index >= 15 is 0 Å². The Morgan fingerprint density at radius 2 is 1.87 bits per heavy atom. The van der Waals surface area contributed by atoms with E-state index in [9.17, 15) is 9.90 Å². The van der Waals surface area contributed by atoms with Gasteiger partial charge >= 0.3 is 5.97 Å². The van der Waals surface area contributed by atoms with Crippen LogP contribution >= 0.6 is 0 Å². The highest BCUT2D eigenvalue weighted by Crippen LogP contribution is 2.68. The molecule has 0 aliphatic heterocycles. The smallest absolute Gasteiger partial charge is 0.305 e. The molecule has 4 aliphatic carbocycles. The Balaban J connectivity index is 1.52. The van der Waals surface area contributed by atoms with Crippen molar-refractivity contribution in [2.75, 3.05) is 7.11 Å². The van der Waals surface area contributed by atoms with Gasteiger partial charge in [-0.3, -0.25) is 4.79 Å². The van der Waals surface area contributed by atoms with Gasteiger partial charge in [0, 0.05) is 17.4 Å². The van der Waals surface area contributed by atoms with Crippen LogP contribution in [0.15, 0.2) is 5.11 Å². The number of hydrogen-bond acceptors (Lipinski definition) is 4. The Kier molecular flexibility index (Phi) is 6.35. The maximum absolute atomic E-state index is 11.7. The third kappa shape index (κ3) is 3.78. The summed E-state index contributed by atoms with van der Waals surface area (Å²) in [6.07, 6.45) is 9.97. The largest absolute Gasteiger partial charge is 0.469 e. The summed E-state index contributed by atoms with van der Waals surface area (Å²) in [6.45, 7) is 7.28. The molecule has 0 heterocycles. The van der Waals surface area contributed by atoms with Gasteiger partial charge in [-0.25, -0.2) is 0 Å². The first kappa shape index (κ1) is 22.9. The zero-order valence-corrected chi connectivity index (χ0v) is 19.8. The number of ether oxygens (including phenoxy) is 1. The molecule has 6 heteroatoms. The zero-order chi connectivity index (χ0) is 22.4. The van der Waals surface area contributed by atoms with Crippen molar-refractivity contribution in [1.82, 2.24) is 0 Å². The van der Waals surface area contributed by atoms with E-state index in [2.05, 4.69) is 30.8 Å². The van der Waals surface area contributed by atoms with Crippen LogP contribution in [0.3, 0.4) is 0 Å². The molecule has 0 amide bonds. The van der Waals surface area contributed by atoms with Crippen molar-refractivity contribution in [2.24, 2.45) is 51.5 Å². The molecule has 4 fully saturated rings. The van der Waals surface area contributed by atoms with Gasteiger partial charge in [-0.05, 0) is 110 Å². The number of azide groups is 1. The number of carbonyl (C=O) groups is 1. The zero-order valence-electron chi connectivity index (χ0n) is 19.8. The minimum atomic E-state index is -0.235. The predicted octanol–water partition coefficient (Wildman–Crippen LogP) is 5.88. The molecule has 31 heavy (non-hydrogen) atoms. The number of esters is 1. The summed E-state index contributed by atoms with van der Waals surface area (Å²) in [6, 6.07) is 0.104. The quantitative estimate of drug-likeness (QED) is 0.255. The highest BCUT2D eigenvalue weighted by Gasteiger charge is 2.62. The molecule has 6 nitrogen and oxygen atoms in total. The van der Waals surface area contributed by atoms with Gasteiger partial charge in [-0.2, -0.15) is 0 Å². The lowest BCUT2D eigenvalue weighted by Gasteiger charge is -2.62. The molecule has 0 aromatic rings. The van der Waals surface area contributed by atoms with Gasteiger partial charge in [-0.15, -0.1) is 0 Å². The van der Waals surface area contributed by atoms with Crippen LogP contribution in [-0.2, 0) is 9.53 Å². The van der Waals surface area contributed by atoms with Gasteiger partial charge in [0.2, 0.25) is 0 Å². The van der Waals surface area contributed by atoms with Crippen LogP contribution in [0.5, 0.6) is 0 Å². The molecule has 10 atom stereocenters. The fourth-order valence-corrected chi connectivity index (χ4v) is 9.00. The normalized spacial score (nSPS) is 47.3. The minimum Gasteiger partial charge on any atom is -0.469 e. The summed E-state index contributed by atoms with van der Waals surface area (Å²) in [5.74, 6) is 3.06. The second-order valence-electron chi connectivity index (χ2n) is 11.7. The lowest BCUT2D eigenvalue weighted by molar-refractivity contribution is -0.166. The van der Waals surface area contributed by atoms with E-state index < -0.39 is 0 Å². The number of hydrogen-bond donors (Lipinski definition) is 1. The number of methoxy groups -OCH3 is 1. The van der Waals surface area contributed by atoms with E-state index in [1.165, 1.54) is 32.8 Å². The monoisotopic (exact) mass is 431 g/mol. The molecule has 4 saturated carbocycles. The summed E-state index contributed by atoms with van der Waals surface area (Å²) in [7, 11) is 1.47. The van der Waals surface area contributed by atoms with Gasteiger partial charge in [0.1, 0.15) is 0 Å². The second-order valence-corrected chi connectivity index (χ2v) is 11.7. The van der Waals surface area contributed by atoms with Gasteiger partial charge < -0.3 is 9.84 Å². The molecule has 0 aromatic carbocycles. The molecule has 1 unspecified atom stereocenters. The maximum atomic E-state index is 11.7. The Labute approximate surface area is 187 Å². The fraction of sp³-hybridized carbons (Fsp3) is 0.960. The highest BCUT2D eigenvalue weighted by atomic mass is 16.5. The van der Waals surface area contributed by atoms with Crippen molar-refractivity contribution in [1.29, 1.82) is 0 Å². The summed E-state index contributed by atoms with van der Waals surface area (Å²) in [4.78, 5) is 14.7. The highest BCUT2D eigenvalue weighted by molar-refractivity contribution is 5.69. The molecule has 0 aromatic heterocycles. The molecule has 4 aliphatic rings. The molecule has 0 radical (unpaired) electrons. The number of aliphatic hydroxyl groups is 1. The average molecular weight is 432 g/mol. The van der Waals surface area contributed by atoms with E-state index in [0.717, 1.165) is 32.1 Å². The molecule has 1 N–H and O–H groups in total. The van der Waals surface area contributed by atoms with Crippen molar-refractivity contribution in [3.05, 3.63) is 10.4 Å². The van der Waals surface area contributed by atoms with Gasteiger partial charge in [0.05, 0.1) is 13.2 Å². The number of fused-ring (bicyclic) bond motifs is 5. The molecule has 4 rings (SSSR count). The third-order valence-electron chi connectivity index (χ3n) is 10.7. The Morgan fingerprint density at radius 3 is 2.58 bits per heavy atom. The van der Waals surface area contributed by atoms with E-state index in [1.54, 1.807) is 0 Å². The molecule has 174 valence electrons. The average Bonchev–Trinajstić information content (AvgIpc) is 3.10. The number of nitrogens with zero attached hydrogens (tertiary/aromatic N) is 3. The first-order valence-corrected chi connectivity index (χ1v) is 12.5. The van der Waals surface area contributed by atoms with Gasteiger partial charge in [-0.1, -0.05) is 25.9 Å². The van der Waals surface area contributed by atoms with Crippen LogP contribution in [-0.4, -0.2) is 30.3 Å². The Bertz CT molecular complexity index is 738. The third-order valence-corrected chi connectivity index (χ3v) is 10.7. The molecule has 0 saturated heterocycles.